The Hall–Kier alpha value is -2.59. The second-order valence-electron chi connectivity index (χ2n) is 6.19. The van der Waals surface area contributed by atoms with Gasteiger partial charge in [-0.3, -0.25) is 4.79 Å². The quantitative estimate of drug-likeness (QED) is 0.675. The Labute approximate surface area is 141 Å². The Morgan fingerprint density at radius 3 is 2.54 bits per heavy atom. The molecule has 0 aliphatic heterocycles. The normalized spacial score (nSPS) is 13.6. The van der Waals surface area contributed by atoms with E-state index >= 15 is 0 Å². The molecule has 0 saturated heterocycles. The maximum atomic E-state index is 12.7. The highest BCUT2D eigenvalue weighted by atomic mass is 16.3. The number of aliphatic hydroxyl groups is 1. The maximum Gasteiger partial charge on any atom is 0.254 e. The van der Waals surface area contributed by atoms with Crippen molar-refractivity contribution < 1.29 is 9.90 Å². The van der Waals surface area contributed by atoms with Crippen LogP contribution in [0.2, 0.25) is 0 Å². The van der Waals surface area contributed by atoms with Crippen molar-refractivity contribution >= 4 is 16.8 Å². The van der Waals surface area contributed by atoms with Gasteiger partial charge in [0.15, 0.2) is 0 Å². The Morgan fingerprint density at radius 2 is 1.79 bits per heavy atom. The largest absolute Gasteiger partial charge is 0.391 e. The van der Waals surface area contributed by atoms with Crippen molar-refractivity contribution in [3.05, 3.63) is 71.4 Å². The van der Waals surface area contributed by atoms with Crippen molar-refractivity contribution in [2.45, 2.75) is 32.4 Å². The number of hydrogen-bond acceptors (Lipinski definition) is 2. The molecule has 4 heteroatoms. The van der Waals surface area contributed by atoms with E-state index < -0.39 is 6.10 Å². The Kier molecular flexibility index (Phi) is 4.67. The van der Waals surface area contributed by atoms with Crippen molar-refractivity contribution in [3.8, 4) is 0 Å². The molecule has 124 valence electrons. The molecule has 3 N–H and O–H groups in total. The van der Waals surface area contributed by atoms with Crippen LogP contribution in [0.4, 0.5) is 0 Å². The molecule has 0 aliphatic carbocycles. The molecule has 0 spiro atoms. The van der Waals surface area contributed by atoms with Gasteiger partial charge in [0, 0.05) is 23.0 Å². The minimum absolute atomic E-state index is 0.162. The fourth-order valence-corrected chi connectivity index (χ4v) is 2.98. The van der Waals surface area contributed by atoms with Crippen LogP contribution in [-0.4, -0.2) is 28.1 Å². The Balaban J connectivity index is 1.72. The fourth-order valence-electron chi connectivity index (χ4n) is 2.98. The molecule has 0 fully saturated rings. The minimum atomic E-state index is -0.637. The molecule has 1 heterocycles. The molecule has 0 radical (unpaired) electrons. The zero-order valence-electron chi connectivity index (χ0n) is 13.9. The standard InChI is InChI=1S/C20H22N2O2/c1-13(18(23)12-15-8-4-3-5-9-15)22-20(24)19-14(2)21-17-11-7-6-10-16(17)19/h3-11,13,18,21,23H,12H2,1-2H3,(H,22,24). The summed E-state index contributed by atoms with van der Waals surface area (Å²) in [5, 5.41) is 14.2. The number of amides is 1. The smallest absolute Gasteiger partial charge is 0.254 e. The van der Waals surface area contributed by atoms with Gasteiger partial charge in [-0.05, 0) is 25.5 Å². The second-order valence-corrected chi connectivity index (χ2v) is 6.19. The van der Waals surface area contributed by atoms with Gasteiger partial charge < -0.3 is 15.4 Å². The Morgan fingerprint density at radius 1 is 1.12 bits per heavy atom. The van der Waals surface area contributed by atoms with Crippen molar-refractivity contribution in [2.24, 2.45) is 0 Å². The van der Waals surface area contributed by atoms with Gasteiger partial charge in [-0.15, -0.1) is 0 Å². The summed E-state index contributed by atoms with van der Waals surface area (Å²) in [5.41, 5.74) is 3.47. The summed E-state index contributed by atoms with van der Waals surface area (Å²) >= 11 is 0. The van der Waals surface area contributed by atoms with Gasteiger partial charge in [0.05, 0.1) is 17.7 Å². The van der Waals surface area contributed by atoms with Gasteiger partial charge in [0.25, 0.3) is 5.91 Å². The first-order valence-corrected chi connectivity index (χ1v) is 8.16. The third kappa shape index (κ3) is 3.34. The lowest BCUT2D eigenvalue weighted by atomic mass is 10.0. The number of nitrogens with one attached hydrogen (secondary N) is 2. The van der Waals surface area contributed by atoms with Gasteiger partial charge in [0.2, 0.25) is 0 Å². The van der Waals surface area contributed by atoms with E-state index in [0.29, 0.717) is 12.0 Å². The first-order chi connectivity index (χ1) is 11.6. The number of aryl methyl sites for hydroxylation is 1. The lowest BCUT2D eigenvalue weighted by Gasteiger charge is -2.20. The highest BCUT2D eigenvalue weighted by Gasteiger charge is 2.21. The van der Waals surface area contributed by atoms with Crippen LogP contribution in [0.5, 0.6) is 0 Å². The summed E-state index contributed by atoms with van der Waals surface area (Å²) in [5.74, 6) is -0.162. The van der Waals surface area contributed by atoms with Gasteiger partial charge in [-0.25, -0.2) is 0 Å². The summed E-state index contributed by atoms with van der Waals surface area (Å²) in [4.78, 5) is 15.9. The third-order valence-electron chi connectivity index (χ3n) is 4.34. The van der Waals surface area contributed by atoms with E-state index in [9.17, 15) is 9.90 Å². The number of aliphatic hydroxyl groups excluding tert-OH is 1. The number of carbonyl (C=O) groups excluding carboxylic acids is 1. The number of rotatable bonds is 5. The van der Waals surface area contributed by atoms with Gasteiger partial charge in [-0.1, -0.05) is 48.5 Å². The number of benzene rings is 2. The first kappa shape index (κ1) is 16.3. The number of H-pyrrole nitrogens is 1. The molecule has 2 unspecified atom stereocenters. The van der Waals surface area contributed by atoms with E-state index in [1.165, 1.54) is 0 Å². The Bertz CT molecular complexity index is 839. The van der Waals surface area contributed by atoms with E-state index in [4.69, 9.17) is 0 Å². The van der Waals surface area contributed by atoms with Crippen molar-refractivity contribution in [2.75, 3.05) is 0 Å². The molecule has 2 atom stereocenters. The van der Waals surface area contributed by atoms with Crippen LogP contribution in [0.3, 0.4) is 0 Å². The van der Waals surface area contributed by atoms with Crippen LogP contribution >= 0.6 is 0 Å². The zero-order chi connectivity index (χ0) is 17.1. The van der Waals surface area contributed by atoms with Gasteiger partial charge >= 0.3 is 0 Å². The predicted octanol–water partition coefficient (Wildman–Crippen LogP) is 3.20. The van der Waals surface area contributed by atoms with Crippen molar-refractivity contribution in [1.29, 1.82) is 0 Å². The molecule has 3 aromatic rings. The third-order valence-corrected chi connectivity index (χ3v) is 4.34. The van der Waals surface area contributed by atoms with E-state index in [-0.39, 0.29) is 11.9 Å². The fraction of sp³-hybridized carbons (Fsp3) is 0.250. The predicted molar refractivity (Wildman–Crippen MR) is 96.1 cm³/mol. The maximum absolute atomic E-state index is 12.7. The van der Waals surface area contributed by atoms with Crippen LogP contribution in [0.1, 0.15) is 28.5 Å². The van der Waals surface area contributed by atoms with Crippen molar-refractivity contribution in [1.82, 2.24) is 10.3 Å². The van der Waals surface area contributed by atoms with Crippen LogP contribution < -0.4 is 5.32 Å². The number of hydrogen-bond donors (Lipinski definition) is 3. The molecule has 2 aromatic carbocycles. The van der Waals surface area contributed by atoms with Crippen molar-refractivity contribution in [3.63, 3.8) is 0 Å². The van der Waals surface area contributed by atoms with Crippen LogP contribution in [0, 0.1) is 6.92 Å². The molecule has 4 nitrogen and oxygen atoms in total. The summed E-state index contributed by atoms with van der Waals surface area (Å²) in [7, 11) is 0. The summed E-state index contributed by atoms with van der Waals surface area (Å²) in [6, 6.07) is 17.2. The number of carbonyl (C=O) groups is 1. The summed E-state index contributed by atoms with van der Waals surface area (Å²) in [6.07, 6.45) is -0.128. The second kappa shape index (κ2) is 6.89. The summed E-state index contributed by atoms with van der Waals surface area (Å²) in [6.45, 7) is 3.72. The monoisotopic (exact) mass is 322 g/mol. The SMILES string of the molecule is Cc1[nH]c2ccccc2c1C(=O)NC(C)C(O)Cc1ccccc1. The van der Waals surface area contributed by atoms with Gasteiger partial charge in [0.1, 0.15) is 0 Å². The van der Waals surface area contributed by atoms with E-state index in [0.717, 1.165) is 22.2 Å². The van der Waals surface area contributed by atoms with Crippen LogP contribution in [-0.2, 0) is 6.42 Å². The molecule has 0 aliphatic rings. The molecular formula is C20H22N2O2. The molecule has 3 rings (SSSR count). The van der Waals surface area contributed by atoms with E-state index in [1.807, 2.05) is 68.4 Å². The molecule has 0 saturated carbocycles. The molecule has 0 bridgehead atoms. The average molecular weight is 322 g/mol. The van der Waals surface area contributed by atoms with E-state index in [1.54, 1.807) is 0 Å². The van der Waals surface area contributed by atoms with E-state index in [2.05, 4.69) is 10.3 Å². The molecular weight excluding hydrogens is 300 g/mol. The summed E-state index contributed by atoms with van der Waals surface area (Å²) < 4.78 is 0. The van der Waals surface area contributed by atoms with Gasteiger partial charge in [-0.2, -0.15) is 0 Å². The lowest BCUT2D eigenvalue weighted by Crippen LogP contribution is -2.42. The highest BCUT2D eigenvalue weighted by Crippen LogP contribution is 2.22. The first-order valence-electron chi connectivity index (χ1n) is 8.16. The zero-order valence-corrected chi connectivity index (χ0v) is 13.9. The van der Waals surface area contributed by atoms with Crippen LogP contribution in [0.25, 0.3) is 10.9 Å². The minimum Gasteiger partial charge on any atom is -0.391 e. The number of para-hydroxylation sites is 1. The topological polar surface area (TPSA) is 65.1 Å². The molecule has 1 aromatic heterocycles. The average Bonchev–Trinajstić information content (AvgIpc) is 2.91. The highest BCUT2D eigenvalue weighted by molar-refractivity contribution is 6.08. The number of aromatic nitrogens is 1. The number of aromatic amines is 1. The molecule has 1 amide bonds. The lowest BCUT2D eigenvalue weighted by molar-refractivity contribution is 0.0853. The van der Waals surface area contributed by atoms with Crippen LogP contribution in [0.15, 0.2) is 54.6 Å². The number of fused-ring (bicyclic) bond motifs is 1. The molecule has 24 heavy (non-hydrogen) atoms.